The lowest BCUT2D eigenvalue weighted by atomic mass is 9.94. The Labute approximate surface area is 152 Å². The van der Waals surface area contributed by atoms with E-state index in [-0.39, 0.29) is 24.5 Å². The molecular formula is C19H24N2O5. The molecule has 140 valence electrons. The fourth-order valence-electron chi connectivity index (χ4n) is 3.37. The van der Waals surface area contributed by atoms with Crippen molar-refractivity contribution < 1.29 is 23.9 Å². The number of fused-ring (bicyclic) bond motifs is 1. The predicted molar refractivity (Wildman–Crippen MR) is 93.3 cm³/mol. The number of amides is 2. The van der Waals surface area contributed by atoms with E-state index in [1.807, 2.05) is 24.3 Å². The average Bonchev–Trinajstić information content (AvgIpc) is 3.51. The van der Waals surface area contributed by atoms with Crippen molar-refractivity contribution in [1.82, 2.24) is 9.80 Å². The molecular weight excluding hydrogens is 336 g/mol. The molecule has 1 atom stereocenters. The van der Waals surface area contributed by atoms with E-state index in [0.717, 1.165) is 24.0 Å². The van der Waals surface area contributed by atoms with Gasteiger partial charge >= 0.3 is 18.0 Å². The maximum Gasteiger partial charge on any atom is 0.329 e. The lowest BCUT2D eigenvalue weighted by Crippen LogP contribution is -2.54. The standard InChI is InChI=1S/C19H24N2O5/c1-25-17(22)9-10-20(15-7-8-15)19(24)21-12-14-6-4-3-5-13(14)11-16(21)18(23)26-2/h3-6,15-16H,7-12H2,1-2H3/t16-/m0/s1. The summed E-state index contributed by atoms with van der Waals surface area (Å²) in [5.41, 5.74) is 2.09. The zero-order valence-electron chi connectivity index (χ0n) is 15.1. The summed E-state index contributed by atoms with van der Waals surface area (Å²) in [6, 6.07) is 7.06. The lowest BCUT2D eigenvalue weighted by molar-refractivity contribution is -0.147. The molecule has 1 aliphatic heterocycles. The Balaban J connectivity index is 1.82. The van der Waals surface area contributed by atoms with Crippen molar-refractivity contribution in [2.45, 2.75) is 44.3 Å². The molecule has 26 heavy (non-hydrogen) atoms. The van der Waals surface area contributed by atoms with Crippen LogP contribution in [0.1, 0.15) is 30.4 Å². The van der Waals surface area contributed by atoms with Gasteiger partial charge in [-0.05, 0) is 24.0 Å². The number of nitrogens with zero attached hydrogens (tertiary/aromatic N) is 2. The molecule has 7 heteroatoms. The minimum atomic E-state index is -0.651. The Morgan fingerprint density at radius 1 is 1.12 bits per heavy atom. The summed E-state index contributed by atoms with van der Waals surface area (Å²) < 4.78 is 9.62. The van der Waals surface area contributed by atoms with Crippen LogP contribution in [0, 0.1) is 0 Å². The fraction of sp³-hybridized carbons (Fsp3) is 0.526. The molecule has 0 saturated heterocycles. The van der Waals surface area contributed by atoms with Gasteiger partial charge in [-0.15, -0.1) is 0 Å². The van der Waals surface area contributed by atoms with Gasteiger partial charge < -0.3 is 19.3 Å². The monoisotopic (exact) mass is 360 g/mol. The number of methoxy groups -OCH3 is 2. The molecule has 0 spiro atoms. The number of rotatable bonds is 5. The van der Waals surface area contributed by atoms with E-state index in [1.165, 1.54) is 14.2 Å². The molecule has 1 aliphatic carbocycles. The molecule has 3 rings (SSSR count). The predicted octanol–water partition coefficient (Wildman–Crippen LogP) is 1.73. The van der Waals surface area contributed by atoms with Gasteiger partial charge in [0.2, 0.25) is 0 Å². The van der Waals surface area contributed by atoms with Crippen molar-refractivity contribution in [2.24, 2.45) is 0 Å². The number of hydrogen-bond donors (Lipinski definition) is 0. The van der Waals surface area contributed by atoms with Crippen molar-refractivity contribution in [3.05, 3.63) is 35.4 Å². The van der Waals surface area contributed by atoms with Crippen molar-refractivity contribution in [2.75, 3.05) is 20.8 Å². The van der Waals surface area contributed by atoms with Crippen LogP contribution < -0.4 is 0 Å². The first-order valence-electron chi connectivity index (χ1n) is 8.83. The summed E-state index contributed by atoms with van der Waals surface area (Å²) in [6.07, 6.45) is 2.41. The van der Waals surface area contributed by atoms with Crippen LogP contribution in [0.4, 0.5) is 4.79 Å². The Morgan fingerprint density at radius 3 is 2.42 bits per heavy atom. The van der Waals surface area contributed by atoms with Gasteiger partial charge in [-0.1, -0.05) is 24.3 Å². The van der Waals surface area contributed by atoms with E-state index in [2.05, 4.69) is 4.74 Å². The number of esters is 2. The maximum atomic E-state index is 13.2. The summed E-state index contributed by atoms with van der Waals surface area (Å²) in [6.45, 7) is 0.651. The molecule has 1 heterocycles. The molecule has 1 aromatic carbocycles. The number of urea groups is 1. The summed E-state index contributed by atoms with van der Waals surface area (Å²) >= 11 is 0. The molecule has 1 saturated carbocycles. The SMILES string of the molecule is COC(=O)CCN(C(=O)N1Cc2ccccc2C[C@H]1C(=O)OC)C1CC1. The van der Waals surface area contributed by atoms with E-state index in [9.17, 15) is 14.4 Å². The third-order valence-corrected chi connectivity index (χ3v) is 4.99. The van der Waals surface area contributed by atoms with E-state index < -0.39 is 12.0 Å². The molecule has 1 aromatic rings. The molecule has 2 aliphatic rings. The molecule has 1 fully saturated rings. The summed E-state index contributed by atoms with van der Waals surface area (Å²) in [5, 5.41) is 0. The van der Waals surface area contributed by atoms with Crippen LogP contribution in [0.15, 0.2) is 24.3 Å². The highest BCUT2D eigenvalue weighted by Gasteiger charge is 2.41. The summed E-state index contributed by atoms with van der Waals surface area (Å²) in [5.74, 6) is -0.770. The van der Waals surface area contributed by atoms with Gasteiger partial charge in [0.05, 0.1) is 20.6 Å². The van der Waals surface area contributed by atoms with Crippen LogP contribution in [0.2, 0.25) is 0 Å². The van der Waals surface area contributed by atoms with Crippen molar-refractivity contribution in [3.8, 4) is 0 Å². The molecule has 0 aromatic heterocycles. The Bertz CT molecular complexity index is 701. The quantitative estimate of drug-likeness (QED) is 0.748. The molecule has 0 unspecified atom stereocenters. The van der Waals surface area contributed by atoms with Crippen molar-refractivity contribution >= 4 is 18.0 Å². The Hall–Kier alpha value is -2.57. The van der Waals surface area contributed by atoms with Gasteiger partial charge in [0.25, 0.3) is 0 Å². The molecule has 7 nitrogen and oxygen atoms in total. The van der Waals surface area contributed by atoms with Crippen LogP contribution >= 0.6 is 0 Å². The maximum absolute atomic E-state index is 13.2. The van der Waals surface area contributed by atoms with E-state index in [0.29, 0.717) is 19.5 Å². The van der Waals surface area contributed by atoms with Gasteiger partial charge in [0, 0.05) is 25.6 Å². The number of carbonyl (C=O) groups excluding carboxylic acids is 3. The fourth-order valence-corrected chi connectivity index (χ4v) is 3.37. The first kappa shape index (κ1) is 18.2. The van der Waals surface area contributed by atoms with Gasteiger partial charge in [-0.25, -0.2) is 9.59 Å². The smallest absolute Gasteiger partial charge is 0.329 e. The van der Waals surface area contributed by atoms with Crippen LogP contribution in [0.25, 0.3) is 0 Å². The minimum Gasteiger partial charge on any atom is -0.469 e. The van der Waals surface area contributed by atoms with Gasteiger partial charge in [0.1, 0.15) is 6.04 Å². The first-order chi connectivity index (χ1) is 12.5. The first-order valence-corrected chi connectivity index (χ1v) is 8.83. The van der Waals surface area contributed by atoms with E-state index >= 15 is 0 Å². The lowest BCUT2D eigenvalue weighted by Gasteiger charge is -2.38. The topological polar surface area (TPSA) is 76.2 Å². The largest absolute Gasteiger partial charge is 0.469 e. The normalized spacial score (nSPS) is 18.7. The van der Waals surface area contributed by atoms with Crippen LogP contribution in [-0.2, 0) is 32.0 Å². The van der Waals surface area contributed by atoms with Crippen molar-refractivity contribution in [3.63, 3.8) is 0 Å². The second kappa shape index (κ2) is 7.76. The van der Waals surface area contributed by atoms with Gasteiger partial charge in [0.15, 0.2) is 0 Å². The van der Waals surface area contributed by atoms with Gasteiger partial charge in [-0.2, -0.15) is 0 Å². The van der Waals surface area contributed by atoms with Crippen LogP contribution in [0.3, 0.4) is 0 Å². The molecule has 0 bridgehead atoms. The van der Waals surface area contributed by atoms with Crippen LogP contribution in [0.5, 0.6) is 0 Å². The Kier molecular flexibility index (Phi) is 5.44. The highest BCUT2D eigenvalue weighted by Crippen LogP contribution is 2.31. The zero-order chi connectivity index (χ0) is 18.7. The van der Waals surface area contributed by atoms with E-state index in [4.69, 9.17) is 4.74 Å². The van der Waals surface area contributed by atoms with Crippen LogP contribution in [-0.4, -0.2) is 60.6 Å². The van der Waals surface area contributed by atoms with E-state index in [1.54, 1.807) is 9.80 Å². The molecule has 2 amide bonds. The highest BCUT2D eigenvalue weighted by molar-refractivity contribution is 5.85. The summed E-state index contributed by atoms with van der Waals surface area (Å²) in [4.78, 5) is 40.3. The minimum absolute atomic E-state index is 0.127. The Morgan fingerprint density at radius 2 is 1.81 bits per heavy atom. The third-order valence-electron chi connectivity index (χ3n) is 4.99. The summed E-state index contributed by atoms with van der Waals surface area (Å²) in [7, 11) is 2.67. The number of carbonyl (C=O) groups is 3. The second-order valence-corrected chi connectivity index (χ2v) is 6.67. The number of ether oxygens (including phenoxy) is 2. The molecule has 0 radical (unpaired) electrons. The molecule has 0 N–H and O–H groups in total. The number of benzene rings is 1. The number of hydrogen-bond acceptors (Lipinski definition) is 5. The second-order valence-electron chi connectivity index (χ2n) is 6.67. The average molecular weight is 360 g/mol. The highest BCUT2D eigenvalue weighted by atomic mass is 16.5. The van der Waals surface area contributed by atoms with Gasteiger partial charge in [-0.3, -0.25) is 4.79 Å². The third kappa shape index (κ3) is 3.81. The van der Waals surface area contributed by atoms with Crippen molar-refractivity contribution in [1.29, 1.82) is 0 Å². The zero-order valence-corrected chi connectivity index (χ0v) is 15.1.